The zero-order valence-corrected chi connectivity index (χ0v) is 19.7. The third kappa shape index (κ3) is 6.52. The van der Waals surface area contributed by atoms with Gasteiger partial charge in [-0.2, -0.15) is 0 Å². The lowest BCUT2D eigenvalue weighted by molar-refractivity contribution is -0.120. The van der Waals surface area contributed by atoms with Gasteiger partial charge in [-0.3, -0.25) is 14.6 Å². The van der Waals surface area contributed by atoms with E-state index >= 15 is 0 Å². The van der Waals surface area contributed by atoms with Crippen molar-refractivity contribution < 1.29 is 19.1 Å². The molecule has 0 aliphatic carbocycles. The summed E-state index contributed by atoms with van der Waals surface area (Å²) in [6, 6.07) is 13.3. The minimum atomic E-state index is -0.804. The molecule has 0 fully saturated rings. The van der Waals surface area contributed by atoms with Crippen LogP contribution in [0.5, 0.6) is 0 Å². The molecule has 33 heavy (non-hydrogen) atoms. The number of nitrogens with one attached hydrogen (secondary N) is 2. The fraction of sp³-hybridized carbons (Fsp3) is 0.280. The van der Waals surface area contributed by atoms with Crippen LogP contribution < -0.4 is 10.6 Å². The number of alkyl carbamates (subject to hydrolysis) is 1. The minimum absolute atomic E-state index is 0.0838. The highest BCUT2D eigenvalue weighted by Crippen LogP contribution is 2.24. The van der Waals surface area contributed by atoms with Crippen molar-refractivity contribution >= 4 is 46.0 Å². The second-order valence-electron chi connectivity index (χ2n) is 8.65. The molecule has 0 radical (unpaired) electrons. The molecule has 8 heteroatoms. The molecule has 1 heterocycles. The maximum atomic E-state index is 13.1. The number of halogens is 1. The maximum absolute atomic E-state index is 13.1. The molecule has 2 aromatic carbocycles. The molecule has 0 saturated carbocycles. The first-order chi connectivity index (χ1) is 15.5. The number of hydrogen-bond donors (Lipinski definition) is 2. The standard InChI is InChI=1S/C25H26ClN3O4/c1-15(28-24(32)33-25(2,3)4)21(30)13-17-7-5-9-19(26)22(17)23(31)29-18-11-10-16-8-6-12-27-20(16)14-18/h5-12,14-15H,13H2,1-4H3,(H,28,32)(H,29,31)/t15-/m0/s1. The zero-order chi connectivity index (χ0) is 24.2. The molecular weight excluding hydrogens is 442 g/mol. The number of benzene rings is 2. The second kappa shape index (κ2) is 10.0. The molecule has 2 amide bonds. The van der Waals surface area contributed by atoms with Gasteiger partial charge in [-0.1, -0.05) is 35.9 Å². The van der Waals surface area contributed by atoms with Gasteiger partial charge in [0.25, 0.3) is 5.91 Å². The number of anilines is 1. The van der Waals surface area contributed by atoms with E-state index in [9.17, 15) is 14.4 Å². The van der Waals surface area contributed by atoms with Gasteiger partial charge in [-0.05, 0) is 57.5 Å². The Morgan fingerprint density at radius 1 is 1.09 bits per heavy atom. The van der Waals surface area contributed by atoms with Crippen molar-refractivity contribution in [2.45, 2.75) is 45.8 Å². The summed E-state index contributed by atoms with van der Waals surface area (Å²) < 4.78 is 5.19. The quantitative estimate of drug-likeness (QED) is 0.521. The van der Waals surface area contributed by atoms with Crippen LogP contribution in [0.15, 0.2) is 54.7 Å². The second-order valence-corrected chi connectivity index (χ2v) is 9.06. The van der Waals surface area contributed by atoms with Gasteiger partial charge in [-0.15, -0.1) is 0 Å². The molecule has 0 unspecified atom stereocenters. The Hall–Kier alpha value is -3.45. The summed E-state index contributed by atoms with van der Waals surface area (Å²) in [5.74, 6) is -0.724. The average molecular weight is 468 g/mol. The number of ether oxygens (including phenoxy) is 1. The largest absolute Gasteiger partial charge is 0.444 e. The molecule has 0 bridgehead atoms. The van der Waals surface area contributed by atoms with Gasteiger partial charge in [0.1, 0.15) is 5.60 Å². The van der Waals surface area contributed by atoms with Crippen LogP contribution in [0.4, 0.5) is 10.5 Å². The van der Waals surface area contributed by atoms with E-state index in [1.165, 1.54) is 0 Å². The number of hydrogen-bond acceptors (Lipinski definition) is 5. The Morgan fingerprint density at radius 2 is 1.85 bits per heavy atom. The van der Waals surface area contributed by atoms with E-state index in [0.717, 1.165) is 10.9 Å². The van der Waals surface area contributed by atoms with E-state index in [1.807, 2.05) is 18.2 Å². The Morgan fingerprint density at radius 3 is 2.58 bits per heavy atom. The highest BCUT2D eigenvalue weighted by molar-refractivity contribution is 6.34. The molecule has 3 rings (SSSR count). The normalized spacial score (nSPS) is 12.2. The lowest BCUT2D eigenvalue weighted by Crippen LogP contribution is -2.42. The smallest absolute Gasteiger partial charge is 0.408 e. The summed E-state index contributed by atoms with van der Waals surface area (Å²) in [5, 5.41) is 6.53. The van der Waals surface area contributed by atoms with E-state index in [0.29, 0.717) is 11.3 Å². The van der Waals surface area contributed by atoms with Gasteiger partial charge < -0.3 is 15.4 Å². The molecule has 0 aliphatic heterocycles. The Balaban J connectivity index is 1.75. The summed E-state index contributed by atoms with van der Waals surface area (Å²) in [4.78, 5) is 42.1. The number of carbonyl (C=O) groups excluding carboxylic acids is 3. The number of amides is 2. The highest BCUT2D eigenvalue weighted by atomic mass is 35.5. The van der Waals surface area contributed by atoms with Crippen molar-refractivity contribution in [3.05, 3.63) is 70.9 Å². The summed E-state index contributed by atoms with van der Waals surface area (Å²) in [6.45, 7) is 6.78. The Bertz CT molecular complexity index is 1200. The van der Waals surface area contributed by atoms with Crippen LogP contribution in [0.2, 0.25) is 5.02 Å². The van der Waals surface area contributed by atoms with Crippen LogP contribution in [0.1, 0.15) is 43.6 Å². The topological polar surface area (TPSA) is 97.4 Å². The van der Waals surface area contributed by atoms with Crippen molar-refractivity contribution in [3.63, 3.8) is 0 Å². The predicted molar refractivity (Wildman–Crippen MR) is 129 cm³/mol. The molecule has 172 valence electrons. The summed E-state index contributed by atoms with van der Waals surface area (Å²) in [7, 11) is 0. The molecular formula is C25H26ClN3O4. The number of pyridine rings is 1. The number of ketones is 1. The lowest BCUT2D eigenvalue weighted by Gasteiger charge is -2.21. The zero-order valence-electron chi connectivity index (χ0n) is 18.9. The molecule has 1 aromatic heterocycles. The predicted octanol–water partition coefficient (Wildman–Crippen LogP) is 5.17. The Labute approximate surface area is 197 Å². The van der Waals surface area contributed by atoms with Gasteiger partial charge >= 0.3 is 6.09 Å². The van der Waals surface area contributed by atoms with Crippen molar-refractivity contribution in [1.82, 2.24) is 10.3 Å². The van der Waals surface area contributed by atoms with Gasteiger partial charge in [0, 0.05) is 23.7 Å². The van der Waals surface area contributed by atoms with Gasteiger partial charge in [0.2, 0.25) is 0 Å². The molecule has 0 saturated heterocycles. The molecule has 0 spiro atoms. The van der Waals surface area contributed by atoms with Gasteiger partial charge in [-0.25, -0.2) is 4.79 Å². The first kappa shape index (κ1) is 24.2. The summed E-state index contributed by atoms with van der Waals surface area (Å²) >= 11 is 6.33. The fourth-order valence-corrected chi connectivity index (χ4v) is 3.49. The van der Waals surface area contributed by atoms with Crippen LogP contribution in [0.25, 0.3) is 10.9 Å². The number of nitrogens with zero attached hydrogens (tertiary/aromatic N) is 1. The highest BCUT2D eigenvalue weighted by Gasteiger charge is 2.23. The Kier molecular flexibility index (Phi) is 7.33. The molecule has 7 nitrogen and oxygen atoms in total. The van der Waals surface area contributed by atoms with Crippen molar-refractivity contribution in [2.75, 3.05) is 5.32 Å². The van der Waals surface area contributed by atoms with E-state index in [4.69, 9.17) is 16.3 Å². The van der Waals surface area contributed by atoms with Crippen molar-refractivity contribution in [3.8, 4) is 0 Å². The summed E-state index contributed by atoms with van der Waals surface area (Å²) in [5.41, 5.74) is 1.29. The number of rotatable bonds is 6. The van der Waals surface area contributed by atoms with Crippen LogP contribution >= 0.6 is 11.6 Å². The number of fused-ring (bicyclic) bond motifs is 1. The molecule has 1 atom stereocenters. The van der Waals surface area contributed by atoms with E-state index in [1.54, 1.807) is 64.2 Å². The number of aromatic nitrogens is 1. The molecule has 3 aromatic rings. The van der Waals surface area contributed by atoms with Crippen LogP contribution in [0.3, 0.4) is 0 Å². The first-order valence-corrected chi connectivity index (χ1v) is 10.9. The first-order valence-electron chi connectivity index (χ1n) is 10.5. The summed E-state index contributed by atoms with van der Waals surface area (Å²) in [6.07, 6.45) is 0.912. The van der Waals surface area contributed by atoms with Crippen molar-refractivity contribution in [1.29, 1.82) is 0 Å². The van der Waals surface area contributed by atoms with E-state index < -0.39 is 23.6 Å². The fourth-order valence-electron chi connectivity index (χ4n) is 3.21. The van der Waals surface area contributed by atoms with Crippen molar-refractivity contribution in [2.24, 2.45) is 0 Å². The SMILES string of the molecule is C[C@H](NC(=O)OC(C)(C)C)C(=O)Cc1cccc(Cl)c1C(=O)Nc1ccc2cccnc2c1. The maximum Gasteiger partial charge on any atom is 0.408 e. The lowest BCUT2D eigenvalue weighted by atomic mass is 9.99. The van der Waals surface area contributed by atoms with E-state index in [-0.39, 0.29) is 22.8 Å². The average Bonchev–Trinajstić information content (AvgIpc) is 2.72. The van der Waals surface area contributed by atoms with Crippen LogP contribution in [0, 0.1) is 0 Å². The van der Waals surface area contributed by atoms with E-state index in [2.05, 4.69) is 15.6 Å². The van der Waals surface area contributed by atoms with Gasteiger partial charge in [0.15, 0.2) is 5.78 Å². The minimum Gasteiger partial charge on any atom is -0.444 e. The van der Waals surface area contributed by atoms with Gasteiger partial charge in [0.05, 0.1) is 22.1 Å². The number of carbonyl (C=O) groups is 3. The monoisotopic (exact) mass is 467 g/mol. The van der Waals surface area contributed by atoms with Crippen LogP contribution in [-0.2, 0) is 16.0 Å². The molecule has 2 N–H and O–H groups in total. The third-order valence-electron chi connectivity index (χ3n) is 4.77. The third-order valence-corrected chi connectivity index (χ3v) is 5.09. The number of Topliss-reactive ketones (excluding diaryl/α,β-unsaturated/α-hetero) is 1. The molecule has 0 aliphatic rings. The van der Waals surface area contributed by atoms with Crippen LogP contribution in [-0.4, -0.2) is 34.4 Å².